The van der Waals surface area contributed by atoms with Crippen molar-refractivity contribution in [3.05, 3.63) is 96.1 Å². The molecule has 0 bridgehead atoms. The van der Waals surface area contributed by atoms with Crippen LogP contribution in [-0.4, -0.2) is 34.2 Å². The van der Waals surface area contributed by atoms with E-state index in [4.69, 9.17) is 18.1 Å². The number of benzene rings is 4. The largest absolute Gasteiger partial charge is 0.422 e. The summed E-state index contributed by atoms with van der Waals surface area (Å²) in [6.07, 6.45) is 0. The summed E-state index contributed by atoms with van der Waals surface area (Å²) in [4.78, 5) is 27.0. The summed E-state index contributed by atoms with van der Waals surface area (Å²) in [7, 11) is -3.69. The molecule has 0 N–H and O–H groups in total. The first-order chi connectivity index (χ1) is 17.7. The fourth-order valence-electron chi connectivity index (χ4n) is 4.34. The molecular formula is C26H18N2O6P2. The molecular weight excluding hydrogens is 498 g/mol. The normalized spacial score (nSPS) is 20.3. The highest BCUT2D eigenvalue weighted by Crippen LogP contribution is 2.56. The van der Waals surface area contributed by atoms with Crippen molar-refractivity contribution in [1.82, 2.24) is 9.34 Å². The molecule has 2 unspecified atom stereocenters. The van der Waals surface area contributed by atoms with Crippen molar-refractivity contribution in [1.29, 1.82) is 0 Å². The van der Waals surface area contributed by atoms with Crippen molar-refractivity contribution in [2.75, 3.05) is 13.1 Å². The van der Waals surface area contributed by atoms with Crippen LogP contribution in [0.3, 0.4) is 0 Å². The highest BCUT2D eigenvalue weighted by atomic mass is 31.2. The maximum atomic E-state index is 13.5. The van der Waals surface area contributed by atoms with Crippen LogP contribution in [-0.2, 0) is 0 Å². The summed E-state index contributed by atoms with van der Waals surface area (Å²) in [5, 5.41) is 1.88. The van der Waals surface area contributed by atoms with Crippen molar-refractivity contribution in [3.63, 3.8) is 0 Å². The average molecular weight is 516 g/mol. The zero-order valence-electron chi connectivity index (χ0n) is 18.7. The Hall–Kier alpha value is -3.86. The first-order valence-electron chi connectivity index (χ1n) is 11.3. The number of rotatable bonds is 0. The molecule has 10 heteroatoms. The van der Waals surface area contributed by atoms with E-state index in [2.05, 4.69) is 0 Å². The molecule has 0 spiro atoms. The number of carbonyl (C=O) groups excluding carboxylic acids is 2. The van der Waals surface area contributed by atoms with E-state index in [1.165, 1.54) is 0 Å². The minimum Gasteiger partial charge on any atom is -0.422 e. The second-order valence-corrected chi connectivity index (χ2v) is 11.0. The summed E-state index contributed by atoms with van der Waals surface area (Å²) in [6.45, 7) is 0.391. The Bertz CT molecular complexity index is 1430. The fraction of sp³-hybridized carbons (Fsp3) is 0.0769. The van der Waals surface area contributed by atoms with Crippen LogP contribution >= 0.6 is 17.1 Å². The van der Waals surface area contributed by atoms with Crippen LogP contribution in [0.1, 0.15) is 20.7 Å². The monoisotopic (exact) mass is 516 g/mol. The van der Waals surface area contributed by atoms with E-state index in [9.17, 15) is 9.59 Å². The number of para-hydroxylation sites is 2. The van der Waals surface area contributed by atoms with E-state index in [0.29, 0.717) is 34.1 Å². The lowest BCUT2D eigenvalue weighted by Gasteiger charge is -2.39. The highest BCUT2D eigenvalue weighted by Gasteiger charge is 2.43. The summed E-state index contributed by atoms with van der Waals surface area (Å²) in [5.41, 5.74) is 0.918. The SMILES string of the molecule is O=C1c2ccccc2OP2Oc3cc4ccccc4cc3OP3Oc4ccccc4C(=O)N3CCN12. The van der Waals surface area contributed by atoms with Gasteiger partial charge in [0, 0.05) is 13.1 Å². The van der Waals surface area contributed by atoms with Crippen LogP contribution in [0.15, 0.2) is 84.9 Å². The van der Waals surface area contributed by atoms with Crippen molar-refractivity contribution in [2.45, 2.75) is 0 Å². The Morgan fingerprint density at radius 3 is 1.39 bits per heavy atom. The third kappa shape index (κ3) is 3.45. The van der Waals surface area contributed by atoms with Gasteiger partial charge in [-0.1, -0.05) is 48.5 Å². The number of hydrogen-bond acceptors (Lipinski definition) is 6. The van der Waals surface area contributed by atoms with Gasteiger partial charge in [-0.05, 0) is 47.2 Å². The van der Waals surface area contributed by atoms with E-state index in [0.717, 1.165) is 10.8 Å². The Kier molecular flexibility index (Phi) is 4.98. The van der Waals surface area contributed by atoms with Gasteiger partial charge in [0.2, 0.25) is 0 Å². The zero-order valence-corrected chi connectivity index (χ0v) is 20.5. The molecule has 3 aliphatic rings. The molecule has 178 valence electrons. The zero-order chi connectivity index (χ0) is 24.2. The van der Waals surface area contributed by atoms with E-state index in [-0.39, 0.29) is 24.9 Å². The fourth-order valence-corrected chi connectivity index (χ4v) is 7.10. The summed E-state index contributed by atoms with van der Waals surface area (Å²) in [6, 6.07) is 25.7. The lowest BCUT2D eigenvalue weighted by Crippen LogP contribution is -2.42. The standard InChI is InChI=1S/C26H18N2O6P2/c29-25-19-9-3-5-11-21(19)31-35-27(25)13-14-28-26(30)20-10-4-6-12-22(20)32-36(28)34-24-16-18-8-2-1-7-17(18)15-23(24)33-35/h1-12,15-16H,13-14H2. The van der Waals surface area contributed by atoms with Gasteiger partial charge in [0.25, 0.3) is 11.8 Å². The highest BCUT2D eigenvalue weighted by molar-refractivity contribution is 7.47. The van der Waals surface area contributed by atoms with Crippen molar-refractivity contribution < 1.29 is 27.7 Å². The first-order valence-corrected chi connectivity index (χ1v) is 13.6. The van der Waals surface area contributed by atoms with E-state index < -0.39 is 17.1 Å². The topological polar surface area (TPSA) is 77.5 Å². The molecule has 2 amide bonds. The number of carbonyl (C=O) groups is 2. The predicted octanol–water partition coefficient (Wildman–Crippen LogP) is 6.13. The number of amides is 2. The quantitative estimate of drug-likeness (QED) is 0.262. The van der Waals surface area contributed by atoms with Gasteiger partial charge in [0.15, 0.2) is 11.5 Å². The first kappa shape index (κ1) is 21.4. The molecule has 0 aliphatic carbocycles. The molecule has 2 atom stereocenters. The van der Waals surface area contributed by atoms with Crippen LogP contribution in [0.4, 0.5) is 0 Å². The molecule has 36 heavy (non-hydrogen) atoms. The Labute approximate surface area is 208 Å². The van der Waals surface area contributed by atoms with Crippen molar-refractivity contribution in [2.24, 2.45) is 0 Å². The summed E-state index contributed by atoms with van der Waals surface area (Å²) < 4.78 is 28.2. The van der Waals surface area contributed by atoms with E-state index in [1.807, 2.05) is 48.5 Å². The van der Waals surface area contributed by atoms with Gasteiger partial charge >= 0.3 is 17.1 Å². The van der Waals surface area contributed by atoms with Crippen molar-refractivity contribution in [3.8, 4) is 23.0 Å². The van der Waals surface area contributed by atoms with Gasteiger partial charge in [-0.2, -0.15) is 0 Å². The Morgan fingerprint density at radius 1 is 0.528 bits per heavy atom. The number of fused-ring (bicyclic) bond motifs is 6. The molecule has 0 aromatic heterocycles. The molecule has 3 heterocycles. The van der Waals surface area contributed by atoms with Crippen LogP contribution in [0, 0.1) is 0 Å². The molecule has 7 rings (SSSR count). The molecule has 3 aliphatic heterocycles. The average Bonchev–Trinajstić information content (AvgIpc) is 2.90. The molecule has 8 nitrogen and oxygen atoms in total. The molecule has 4 aromatic rings. The van der Waals surface area contributed by atoms with Crippen LogP contribution in [0.2, 0.25) is 0 Å². The molecule has 0 saturated heterocycles. The predicted molar refractivity (Wildman–Crippen MR) is 135 cm³/mol. The van der Waals surface area contributed by atoms with Gasteiger partial charge in [-0.25, -0.2) is 9.34 Å². The number of nitrogens with zero attached hydrogens (tertiary/aromatic N) is 2. The molecule has 0 fully saturated rings. The van der Waals surface area contributed by atoms with E-state index in [1.54, 1.807) is 45.7 Å². The Morgan fingerprint density at radius 2 is 0.917 bits per heavy atom. The lowest BCUT2D eigenvalue weighted by molar-refractivity contribution is 0.0768. The Balaban J connectivity index is 1.37. The van der Waals surface area contributed by atoms with Gasteiger partial charge in [-0.15, -0.1) is 0 Å². The second kappa shape index (κ2) is 8.37. The van der Waals surface area contributed by atoms with Crippen LogP contribution < -0.4 is 18.1 Å². The smallest absolute Gasteiger partial charge is 0.419 e. The minimum atomic E-state index is -1.85. The van der Waals surface area contributed by atoms with E-state index >= 15 is 0 Å². The third-order valence-corrected chi connectivity index (χ3v) is 9.10. The minimum absolute atomic E-state index is 0.196. The summed E-state index contributed by atoms with van der Waals surface area (Å²) in [5.74, 6) is 1.36. The number of hydrogen-bond donors (Lipinski definition) is 0. The summed E-state index contributed by atoms with van der Waals surface area (Å²) >= 11 is 0. The van der Waals surface area contributed by atoms with Gasteiger partial charge in [0.1, 0.15) is 11.5 Å². The van der Waals surface area contributed by atoms with Gasteiger partial charge < -0.3 is 18.1 Å². The maximum absolute atomic E-state index is 13.5. The molecule has 0 saturated carbocycles. The van der Waals surface area contributed by atoms with Gasteiger partial charge in [0.05, 0.1) is 11.1 Å². The maximum Gasteiger partial charge on any atom is 0.419 e. The second-order valence-electron chi connectivity index (χ2n) is 8.34. The third-order valence-electron chi connectivity index (χ3n) is 6.14. The lowest BCUT2D eigenvalue weighted by atomic mass is 10.1. The molecule has 4 aromatic carbocycles. The van der Waals surface area contributed by atoms with Gasteiger partial charge in [-0.3, -0.25) is 9.59 Å². The van der Waals surface area contributed by atoms with Crippen LogP contribution in [0.5, 0.6) is 23.0 Å². The molecule has 0 radical (unpaired) electrons. The van der Waals surface area contributed by atoms with Crippen molar-refractivity contribution >= 4 is 39.6 Å². The van der Waals surface area contributed by atoms with Crippen LogP contribution in [0.25, 0.3) is 10.8 Å².